The molecule has 0 atom stereocenters. The van der Waals surface area contributed by atoms with Gasteiger partial charge < -0.3 is 9.84 Å². The van der Waals surface area contributed by atoms with Gasteiger partial charge in [-0.05, 0) is 56.0 Å². The number of aliphatic hydroxyl groups is 1. The normalized spacial score (nSPS) is 15.8. The number of hydrogen-bond donors (Lipinski definition) is 1. The number of halogens is 2. The van der Waals surface area contributed by atoms with Gasteiger partial charge in [-0.15, -0.1) is 11.3 Å². The summed E-state index contributed by atoms with van der Waals surface area (Å²) >= 11 is 7.80. The van der Waals surface area contributed by atoms with E-state index in [2.05, 4.69) is 4.98 Å². The van der Waals surface area contributed by atoms with Crippen molar-refractivity contribution in [3.63, 3.8) is 0 Å². The number of thiophene rings is 1. The average molecular weight is 392 g/mol. The highest BCUT2D eigenvalue weighted by Gasteiger charge is 2.38. The lowest BCUT2D eigenvalue weighted by molar-refractivity contribution is 0.0124. The van der Waals surface area contributed by atoms with E-state index in [0.717, 1.165) is 38.2 Å². The molecule has 0 amide bonds. The van der Waals surface area contributed by atoms with Crippen molar-refractivity contribution >= 4 is 33.2 Å². The van der Waals surface area contributed by atoms with Crippen LogP contribution in [0.3, 0.4) is 0 Å². The molecule has 1 aliphatic rings. The molecular formula is C20H19ClFNO2S. The van der Waals surface area contributed by atoms with Gasteiger partial charge in [0.05, 0.1) is 16.8 Å². The fourth-order valence-electron chi connectivity index (χ4n) is 3.31. The number of aryl methyl sites for hydroxylation is 1. The van der Waals surface area contributed by atoms with Gasteiger partial charge in [0.15, 0.2) is 0 Å². The molecular weight excluding hydrogens is 373 g/mol. The minimum Gasteiger partial charge on any atom is -0.489 e. The molecule has 0 saturated heterocycles. The van der Waals surface area contributed by atoms with Gasteiger partial charge in [0.25, 0.3) is 0 Å². The van der Waals surface area contributed by atoms with Gasteiger partial charge in [-0.3, -0.25) is 4.98 Å². The fraction of sp³-hybridized carbons (Fsp3) is 0.350. The van der Waals surface area contributed by atoms with Gasteiger partial charge in [-0.25, -0.2) is 4.39 Å². The smallest absolute Gasteiger partial charge is 0.144 e. The first-order valence-electron chi connectivity index (χ1n) is 8.60. The Morgan fingerprint density at radius 3 is 2.81 bits per heavy atom. The molecule has 1 N–H and O–H groups in total. The molecule has 0 unspecified atom stereocenters. The van der Waals surface area contributed by atoms with Crippen LogP contribution in [0.15, 0.2) is 30.5 Å². The summed E-state index contributed by atoms with van der Waals surface area (Å²) < 4.78 is 21.4. The van der Waals surface area contributed by atoms with Crippen LogP contribution in [0, 0.1) is 6.92 Å². The second kappa shape index (κ2) is 6.80. The molecule has 2 heterocycles. The maximum Gasteiger partial charge on any atom is 0.144 e. The maximum atomic E-state index is 14.5. The number of rotatable bonds is 5. The number of aliphatic hydroxyl groups excluding tert-OH is 1. The van der Waals surface area contributed by atoms with Crippen molar-refractivity contribution in [2.75, 3.05) is 6.61 Å². The zero-order valence-electron chi connectivity index (χ0n) is 14.4. The highest BCUT2D eigenvalue weighted by molar-refractivity contribution is 7.19. The largest absolute Gasteiger partial charge is 0.489 e. The topological polar surface area (TPSA) is 42.4 Å². The van der Waals surface area contributed by atoms with E-state index in [-0.39, 0.29) is 13.2 Å². The number of nitrogens with zero attached hydrogens (tertiary/aromatic N) is 1. The van der Waals surface area contributed by atoms with Crippen LogP contribution in [0.25, 0.3) is 21.3 Å². The standard InChI is InChI=1S/C20H19ClFNO2S/c1-12-7-13(21)8-16(18(12)25-11-20(22)4-2-5-20)15-3-6-23-17-9-14(10-24)26-19(15)17/h3,6-9,24H,2,4-5,10-11H2,1H3. The fourth-order valence-corrected chi connectivity index (χ4v) is 4.58. The SMILES string of the molecule is Cc1cc(Cl)cc(-c2ccnc3cc(CO)sc23)c1OCC1(F)CCC1. The van der Waals surface area contributed by atoms with E-state index in [1.807, 2.05) is 31.2 Å². The van der Waals surface area contributed by atoms with Crippen molar-refractivity contribution in [2.24, 2.45) is 0 Å². The van der Waals surface area contributed by atoms with Crippen molar-refractivity contribution in [3.8, 4) is 16.9 Å². The van der Waals surface area contributed by atoms with Gasteiger partial charge >= 0.3 is 0 Å². The summed E-state index contributed by atoms with van der Waals surface area (Å²) in [7, 11) is 0. The molecule has 1 aromatic carbocycles. The van der Waals surface area contributed by atoms with Crippen LogP contribution >= 0.6 is 22.9 Å². The molecule has 136 valence electrons. The third-order valence-corrected chi connectivity index (χ3v) is 6.23. The lowest BCUT2D eigenvalue weighted by Crippen LogP contribution is -2.38. The summed E-state index contributed by atoms with van der Waals surface area (Å²) in [5, 5.41) is 10.0. The van der Waals surface area contributed by atoms with Gasteiger partial charge in [-0.2, -0.15) is 0 Å². The Morgan fingerprint density at radius 1 is 1.31 bits per heavy atom. The van der Waals surface area contributed by atoms with Crippen molar-refractivity contribution in [3.05, 3.63) is 45.9 Å². The number of aromatic nitrogens is 1. The third-order valence-electron chi connectivity index (χ3n) is 4.87. The van der Waals surface area contributed by atoms with E-state index in [1.165, 1.54) is 11.3 Å². The monoisotopic (exact) mass is 391 g/mol. The maximum absolute atomic E-state index is 14.5. The van der Waals surface area contributed by atoms with Crippen LogP contribution in [0.4, 0.5) is 4.39 Å². The molecule has 3 aromatic rings. The van der Waals surface area contributed by atoms with Crippen LogP contribution in [0.5, 0.6) is 5.75 Å². The molecule has 6 heteroatoms. The molecule has 0 spiro atoms. The van der Waals surface area contributed by atoms with E-state index < -0.39 is 5.67 Å². The number of ether oxygens (including phenoxy) is 1. The molecule has 0 aliphatic heterocycles. The minimum atomic E-state index is -1.22. The summed E-state index contributed by atoms with van der Waals surface area (Å²) in [6, 6.07) is 7.47. The predicted molar refractivity (Wildman–Crippen MR) is 104 cm³/mol. The quantitative estimate of drug-likeness (QED) is 0.607. The highest BCUT2D eigenvalue weighted by Crippen LogP contribution is 2.43. The van der Waals surface area contributed by atoms with Crippen LogP contribution in [0.2, 0.25) is 5.02 Å². The van der Waals surface area contributed by atoms with E-state index in [1.54, 1.807) is 6.20 Å². The van der Waals surface area contributed by atoms with Crippen LogP contribution < -0.4 is 4.74 Å². The van der Waals surface area contributed by atoms with Crippen molar-refractivity contribution in [2.45, 2.75) is 38.5 Å². The van der Waals surface area contributed by atoms with Crippen molar-refractivity contribution in [1.29, 1.82) is 0 Å². The van der Waals surface area contributed by atoms with E-state index >= 15 is 0 Å². The molecule has 4 rings (SSSR count). The lowest BCUT2D eigenvalue weighted by atomic mass is 9.83. The van der Waals surface area contributed by atoms with Crippen LogP contribution in [-0.4, -0.2) is 22.4 Å². The van der Waals surface area contributed by atoms with E-state index in [9.17, 15) is 9.50 Å². The summed E-state index contributed by atoms with van der Waals surface area (Å²) in [4.78, 5) is 5.23. The zero-order valence-corrected chi connectivity index (χ0v) is 16.0. The van der Waals surface area contributed by atoms with E-state index in [0.29, 0.717) is 23.6 Å². The third kappa shape index (κ3) is 3.20. The average Bonchev–Trinajstić information content (AvgIpc) is 3.02. The molecule has 3 nitrogen and oxygen atoms in total. The molecule has 1 aliphatic carbocycles. The Bertz CT molecular complexity index is 968. The summed E-state index contributed by atoms with van der Waals surface area (Å²) in [5.41, 5.74) is 2.24. The summed E-state index contributed by atoms with van der Waals surface area (Å²) in [5.74, 6) is 0.657. The first-order chi connectivity index (χ1) is 12.5. The second-order valence-corrected chi connectivity index (χ2v) is 8.41. The number of pyridine rings is 1. The molecule has 0 radical (unpaired) electrons. The Morgan fingerprint density at radius 2 is 2.12 bits per heavy atom. The van der Waals surface area contributed by atoms with E-state index in [4.69, 9.17) is 16.3 Å². The number of alkyl halides is 1. The predicted octanol–water partition coefficient (Wildman–Crippen LogP) is 5.69. The summed E-state index contributed by atoms with van der Waals surface area (Å²) in [6.07, 6.45) is 3.75. The van der Waals surface area contributed by atoms with Crippen molar-refractivity contribution in [1.82, 2.24) is 4.98 Å². The first kappa shape index (κ1) is 17.7. The Labute approximate surface area is 160 Å². The molecule has 1 saturated carbocycles. The Kier molecular flexibility index (Phi) is 4.63. The lowest BCUT2D eigenvalue weighted by Gasteiger charge is -2.33. The van der Waals surface area contributed by atoms with Crippen LogP contribution in [0.1, 0.15) is 29.7 Å². The Balaban J connectivity index is 1.81. The highest BCUT2D eigenvalue weighted by atomic mass is 35.5. The van der Waals surface area contributed by atoms with Gasteiger partial charge in [0.2, 0.25) is 0 Å². The van der Waals surface area contributed by atoms with Gasteiger partial charge in [0, 0.05) is 27.2 Å². The number of hydrogen-bond acceptors (Lipinski definition) is 4. The summed E-state index contributed by atoms with van der Waals surface area (Å²) in [6.45, 7) is 1.95. The zero-order chi connectivity index (χ0) is 18.3. The second-order valence-electron chi connectivity index (χ2n) is 6.84. The van der Waals surface area contributed by atoms with Gasteiger partial charge in [0.1, 0.15) is 18.0 Å². The molecule has 1 fully saturated rings. The Hall–Kier alpha value is -1.69. The molecule has 0 bridgehead atoms. The minimum absolute atomic E-state index is 0.0250. The van der Waals surface area contributed by atoms with Crippen molar-refractivity contribution < 1.29 is 14.2 Å². The molecule has 2 aromatic heterocycles. The first-order valence-corrected chi connectivity index (χ1v) is 9.79. The van der Waals surface area contributed by atoms with Gasteiger partial charge in [-0.1, -0.05) is 11.6 Å². The number of benzene rings is 1. The molecule has 26 heavy (non-hydrogen) atoms. The van der Waals surface area contributed by atoms with Crippen LogP contribution in [-0.2, 0) is 6.61 Å². The number of fused-ring (bicyclic) bond motifs is 1.